The molecule has 2 aliphatic heterocycles. The van der Waals surface area contributed by atoms with Gasteiger partial charge in [-0.15, -0.1) is 23.4 Å². The molecule has 2 fully saturated rings. The smallest absolute Gasteiger partial charge is 0.420 e. The van der Waals surface area contributed by atoms with Crippen molar-refractivity contribution in [1.82, 2.24) is 15.2 Å². The zero-order chi connectivity index (χ0) is 31.4. The number of halogens is 3. The maximum absolute atomic E-state index is 14.5. The average Bonchev–Trinajstić information content (AvgIpc) is 3.61. The van der Waals surface area contributed by atoms with Gasteiger partial charge in [0.1, 0.15) is 22.6 Å². The fraction of sp³-hybridized carbons (Fsp3) is 0.600. The highest BCUT2D eigenvalue weighted by Crippen LogP contribution is 2.44. The number of allylic oxidation sites excluding steroid dienone is 1. The minimum atomic E-state index is -4.79. The van der Waals surface area contributed by atoms with E-state index >= 15 is 0 Å². The second-order valence-corrected chi connectivity index (χ2v) is 11.9. The predicted octanol–water partition coefficient (Wildman–Crippen LogP) is 6.62. The third-order valence-corrected chi connectivity index (χ3v) is 7.66. The Kier molecular flexibility index (Phi) is 9.85. The van der Waals surface area contributed by atoms with E-state index in [0.29, 0.717) is 58.3 Å². The average molecular weight is 608 g/mol. The maximum atomic E-state index is 14.5. The van der Waals surface area contributed by atoms with Crippen molar-refractivity contribution in [2.45, 2.75) is 89.1 Å². The quantitative estimate of drug-likeness (QED) is 0.287. The van der Waals surface area contributed by atoms with Crippen molar-refractivity contribution in [2.75, 3.05) is 30.0 Å². The number of nitrogens with one attached hydrogen (secondary N) is 1. The lowest BCUT2D eigenvalue weighted by molar-refractivity contribution is -0.137. The molecule has 0 spiro atoms. The molecule has 43 heavy (non-hydrogen) atoms. The van der Waals surface area contributed by atoms with Crippen LogP contribution >= 0.6 is 0 Å². The van der Waals surface area contributed by atoms with Crippen LogP contribution in [0.2, 0.25) is 0 Å². The van der Waals surface area contributed by atoms with Gasteiger partial charge in [-0.05, 0) is 71.8 Å². The molecule has 2 aliphatic rings. The molecular weight excluding hydrogens is 567 g/mol. The molecule has 13 heteroatoms. The summed E-state index contributed by atoms with van der Waals surface area (Å²) in [6.07, 6.45) is 1.20. The van der Waals surface area contributed by atoms with Crippen LogP contribution in [0.4, 0.5) is 29.5 Å². The first-order valence-electron chi connectivity index (χ1n) is 14.5. The summed E-state index contributed by atoms with van der Waals surface area (Å²) < 4.78 is 60.2. The van der Waals surface area contributed by atoms with E-state index in [2.05, 4.69) is 33.7 Å². The van der Waals surface area contributed by atoms with Crippen molar-refractivity contribution in [3.8, 4) is 11.6 Å². The van der Waals surface area contributed by atoms with Gasteiger partial charge >= 0.3 is 12.3 Å². The lowest BCUT2D eigenvalue weighted by Gasteiger charge is -2.35. The molecule has 0 saturated carbocycles. The van der Waals surface area contributed by atoms with Crippen LogP contribution in [0.1, 0.15) is 77.2 Å². The van der Waals surface area contributed by atoms with Crippen LogP contribution in [0.25, 0.3) is 11.6 Å². The first kappa shape index (κ1) is 32.5. The van der Waals surface area contributed by atoms with Gasteiger partial charge in [0, 0.05) is 31.7 Å². The fourth-order valence-electron chi connectivity index (χ4n) is 5.63. The van der Waals surface area contributed by atoms with Crippen LogP contribution < -0.4 is 10.2 Å². The summed E-state index contributed by atoms with van der Waals surface area (Å²) in [5.74, 6) is -0.907. The van der Waals surface area contributed by atoms with Crippen LogP contribution in [0.15, 0.2) is 35.8 Å². The number of hydrogen-bond acceptors (Lipinski definition) is 9. The lowest BCUT2D eigenvalue weighted by Crippen LogP contribution is -2.39. The number of rotatable bonds is 10. The number of aliphatic hydroxyl groups is 1. The number of nitrogens with zero attached hydrogens (tertiary/aromatic N) is 4. The Morgan fingerprint density at radius 3 is 2.53 bits per heavy atom. The van der Waals surface area contributed by atoms with Gasteiger partial charge in [-0.3, -0.25) is 5.32 Å². The molecule has 2 aromatic heterocycles. The van der Waals surface area contributed by atoms with Crippen LogP contribution in [0, 0.1) is 5.92 Å². The van der Waals surface area contributed by atoms with Crippen LogP contribution in [0.5, 0.6) is 0 Å². The number of anilines is 2. The Labute approximate surface area is 249 Å². The van der Waals surface area contributed by atoms with E-state index in [1.165, 1.54) is 0 Å². The van der Waals surface area contributed by atoms with Crippen molar-refractivity contribution in [3.63, 3.8) is 0 Å². The minimum absolute atomic E-state index is 0.0894. The van der Waals surface area contributed by atoms with Crippen LogP contribution in [-0.4, -0.2) is 57.8 Å². The number of alkyl halides is 3. The summed E-state index contributed by atoms with van der Waals surface area (Å²) in [5.41, 5.74) is -3.96. The standard InChI is InChI=1S/C30H40F3N5O5/c1-6-8-14-29(40,19-12-16-41-17-13-19)26-37-36-25(42-26)23-22(34-27(39)43-28(3,4)5)18-21(30(31,32)33)24(35-23)38-15-9-11-20(38)10-7-2/h6-7,18-20,40H,1-2,8-17H2,3-5H3,(H,34,39)/t20-,29?/m1/s1. The van der Waals surface area contributed by atoms with Crippen molar-refractivity contribution in [2.24, 2.45) is 5.92 Å². The van der Waals surface area contributed by atoms with Gasteiger partial charge in [0.15, 0.2) is 5.69 Å². The first-order valence-corrected chi connectivity index (χ1v) is 14.5. The molecule has 236 valence electrons. The monoisotopic (exact) mass is 607 g/mol. The van der Waals surface area contributed by atoms with Gasteiger partial charge in [0.05, 0.1) is 5.69 Å². The summed E-state index contributed by atoms with van der Waals surface area (Å²) in [4.78, 5) is 18.8. The molecule has 2 saturated heterocycles. The van der Waals surface area contributed by atoms with Crippen molar-refractivity contribution in [3.05, 3.63) is 42.8 Å². The van der Waals surface area contributed by atoms with E-state index < -0.39 is 29.0 Å². The number of amides is 1. The number of carbonyl (C=O) groups excluding carboxylic acids is 1. The zero-order valence-corrected chi connectivity index (χ0v) is 24.9. The number of hydrogen-bond donors (Lipinski definition) is 2. The summed E-state index contributed by atoms with van der Waals surface area (Å²) >= 11 is 0. The largest absolute Gasteiger partial charge is 0.444 e. The third-order valence-electron chi connectivity index (χ3n) is 7.66. The van der Waals surface area contributed by atoms with Crippen LogP contribution in [-0.2, 0) is 21.3 Å². The molecule has 2 aromatic rings. The second-order valence-electron chi connectivity index (χ2n) is 11.9. The molecule has 1 amide bonds. The zero-order valence-electron chi connectivity index (χ0n) is 24.9. The molecule has 0 aliphatic carbocycles. The molecule has 1 unspecified atom stereocenters. The highest BCUT2D eigenvalue weighted by atomic mass is 19.4. The number of carbonyl (C=O) groups is 1. The van der Waals surface area contributed by atoms with E-state index in [1.807, 2.05) is 0 Å². The topological polar surface area (TPSA) is 123 Å². The number of aromatic nitrogens is 3. The van der Waals surface area contributed by atoms with Gasteiger partial charge in [-0.25, -0.2) is 9.78 Å². The Morgan fingerprint density at radius 1 is 1.19 bits per heavy atom. The lowest BCUT2D eigenvalue weighted by atomic mass is 9.78. The molecule has 0 radical (unpaired) electrons. The molecule has 10 nitrogen and oxygen atoms in total. The Morgan fingerprint density at radius 2 is 1.91 bits per heavy atom. The van der Waals surface area contributed by atoms with Crippen molar-refractivity contribution < 1.29 is 37.0 Å². The van der Waals surface area contributed by atoms with E-state index in [9.17, 15) is 23.1 Å². The molecule has 2 atom stereocenters. The van der Waals surface area contributed by atoms with Crippen molar-refractivity contribution in [1.29, 1.82) is 0 Å². The van der Waals surface area contributed by atoms with E-state index in [0.717, 1.165) is 6.07 Å². The highest BCUT2D eigenvalue weighted by molar-refractivity contribution is 5.90. The summed E-state index contributed by atoms with van der Waals surface area (Å²) in [5, 5.41) is 22.5. The normalized spacial score (nSPS) is 19.6. The van der Waals surface area contributed by atoms with Gasteiger partial charge < -0.3 is 23.9 Å². The first-order chi connectivity index (χ1) is 20.3. The minimum Gasteiger partial charge on any atom is -0.444 e. The summed E-state index contributed by atoms with van der Waals surface area (Å²) in [6.45, 7) is 13.7. The van der Waals surface area contributed by atoms with E-state index in [1.54, 1.807) is 37.8 Å². The van der Waals surface area contributed by atoms with Gasteiger partial charge in [-0.1, -0.05) is 12.2 Å². The molecule has 0 bridgehead atoms. The van der Waals surface area contributed by atoms with Crippen LogP contribution in [0.3, 0.4) is 0 Å². The Bertz CT molecular complexity index is 1300. The van der Waals surface area contributed by atoms with Gasteiger partial charge in [0.2, 0.25) is 5.89 Å². The van der Waals surface area contributed by atoms with E-state index in [4.69, 9.17) is 13.9 Å². The SMILES string of the molecule is C=CCCC(O)(c1nnc(-c2nc(N3CCC[C@H]3CC=C)c(C(F)(F)F)cc2NC(=O)OC(C)(C)C)o1)C1CCOCC1. The Hall–Kier alpha value is -3.45. The third kappa shape index (κ3) is 7.56. The number of ether oxygens (including phenoxy) is 2. The summed E-state index contributed by atoms with van der Waals surface area (Å²) in [6, 6.07) is 0.580. The molecule has 2 N–H and O–H groups in total. The summed E-state index contributed by atoms with van der Waals surface area (Å²) in [7, 11) is 0. The molecule has 4 heterocycles. The molecule has 4 rings (SSSR count). The molecule has 0 aromatic carbocycles. The van der Waals surface area contributed by atoms with Crippen molar-refractivity contribution >= 4 is 17.6 Å². The predicted molar refractivity (Wildman–Crippen MR) is 154 cm³/mol. The Balaban J connectivity index is 1.86. The van der Waals surface area contributed by atoms with Gasteiger partial charge in [0.25, 0.3) is 5.89 Å². The van der Waals surface area contributed by atoms with Gasteiger partial charge in [-0.2, -0.15) is 13.2 Å². The maximum Gasteiger partial charge on any atom is 0.420 e. The fourth-order valence-corrected chi connectivity index (χ4v) is 5.63. The van der Waals surface area contributed by atoms with E-state index in [-0.39, 0.29) is 47.4 Å². The highest BCUT2D eigenvalue weighted by Gasteiger charge is 2.44. The molecular formula is C30H40F3N5O5. The number of pyridine rings is 1. The second kappa shape index (κ2) is 13.0.